The van der Waals surface area contributed by atoms with Crippen LogP contribution in [0.15, 0.2) is 46.2 Å². The summed E-state index contributed by atoms with van der Waals surface area (Å²) in [5.41, 5.74) is 0.741. The Balaban J connectivity index is 1.69. The Kier molecular flexibility index (Phi) is 4.36. The Bertz CT molecular complexity index is 705. The van der Waals surface area contributed by atoms with Crippen molar-refractivity contribution in [3.63, 3.8) is 0 Å². The van der Waals surface area contributed by atoms with Gasteiger partial charge in [-0.3, -0.25) is 0 Å². The highest BCUT2D eigenvalue weighted by Crippen LogP contribution is 2.27. The largest absolute Gasteiger partial charge is 0.459 e. The molecule has 1 atom stereocenters. The molecule has 3 rings (SSSR count). The normalized spacial score (nSPS) is 12.9. The van der Waals surface area contributed by atoms with Crippen LogP contribution in [0.4, 0.5) is 4.39 Å². The summed E-state index contributed by atoms with van der Waals surface area (Å²) in [6.45, 7) is 0. The van der Waals surface area contributed by atoms with Gasteiger partial charge in [0.2, 0.25) is 0 Å². The van der Waals surface area contributed by atoms with Gasteiger partial charge in [-0.1, -0.05) is 6.07 Å². The van der Waals surface area contributed by atoms with Crippen molar-refractivity contribution >= 4 is 22.3 Å². The van der Waals surface area contributed by atoms with E-state index in [9.17, 15) is 4.39 Å². The average Bonchev–Trinajstić information content (AvgIpc) is 3.12. The van der Waals surface area contributed by atoms with Crippen molar-refractivity contribution in [1.29, 1.82) is 0 Å². The fourth-order valence-corrected chi connectivity index (χ4v) is 3.32. The van der Waals surface area contributed by atoms with Gasteiger partial charge >= 0.3 is 0 Å². The van der Waals surface area contributed by atoms with E-state index < -0.39 is 0 Å². The third-order valence-corrected chi connectivity index (χ3v) is 4.62. The van der Waals surface area contributed by atoms with Gasteiger partial charge in [0.05, 0.1) is 6.04 Å². The summed E-state index contributed by atoms with van der Waals surface area (Å²) in [6, 6.07) is 11.0. The van der Waals surface area contributed by atoms with Crippen LogP contribution in [0.25, 0.3) is 11.0 Å². The Hall–Kier alpha value is -1.65. The number of fused-ring (bicyclic) bond motifs is 1. The smallest absolute Gasteiger partial charge is 0.134 e. The minimum absolute atomic E-state index is 0.167. The van der Waals surface area contributed by atoms with Gasteiger partial charge in [-0.2, -0.15) is 0 Å². The molecule has 1 unspecified atom stereocenters. The minimum atomic E-state index is -0.228. The molecule has 2 aromatic heterocycles. The lowest BCUT2D eigenvalue weighted by Crippen LogP contribution is -2.15. The van der Waals surface area contributed by atoms with Crippen molar-refractivity contribution in [1.82, 2.24) is 5.32 Å². The van der Waals surface area contributed by atoms with Gasteiger partial charge in [0, 0.05) is 10.3 Å². The molecule has 0 bridgehead atoms. The summed E-state index contributed by atoms with van der Waals surface area (Å²) in [7, 11) is 1.93. The van der Waals surface area contributed by atoms with E-state index in [0.29, 0.717) is 0 Å². The first-order valence-corrected chi connectivity index (χ1v) is 8.03. The van der Waals surface area contributed by atoms with Crippen molar-refractivity contribution in [2.24, 2.45) is 0 Å². The molecule has 0 aliphatic heterocycles. The lowest BCUT2D eigenvalue weighted by atomic mass is 10.1. The van der Waals surface area contributed by atoms with Crippen molar-refractivity contribution in [3.8, 4) is 0 Å². The predicted octanol–water partition coefficient (Wildman–Crippen LogP) is 4.92. The number of rotatable bonds is 6. The third kappa shape index (κ3) is 3.34. The first kappa shape index (κ1) is 14.3. The van der Waals surface area contributed by atoms with Gasteiger partial charge in [0.15, 0.2) is 0 Å². The second kappa shape index (κ2) is 6.41. The molecule has 0 aliphatic rings. The first-order valence-electron chi connectivity index (χ1n) is 7.15. The number of thiophene rings is 1. The summed E-state index contributed by atoms with van der Waals surface area (Å²) in [5, 5.41) is 6.22. The van der Waals surface area contributed by atoms with Crippen LogP contribution >= 0.6 is 11.3 Å². The maximum atomic E-state index is 13.2. The number of halogens is 1. The fourth-order valence-electron chi connectivity index (χ4n) is 2.57. The van der Waals surface area contributed by atoms with E-state index >= 15 is 0 Å². The molecule has 0 saturated heterocycles. The summed E-state index contributed by atoms with van der Waals surface area (Å²) < 4.78 is 19.1. The average molecular weight is 303 g/mol. The Morgan fingerprint density at radius 3 is 2.95 bits per heavy atom. The van der Waals surface area contributed by atoms with Gasteiger partial charge < -0.3 is 9.73 Å². The van der Waals surface area contributed by atoms with E-state index in [-0.39, 0.29) is 11.9 Å². The topological polar surface area (TPSA) is 25.2 Å². The Labute approximate surface area is 127 Å². The molecule has 0 saturated carbocycles. The number of hydrogen-bond donors (Lipinski definition) is 1. The van der Waals surface area contributed by atoms with Crippen LogP contribution in [0.5, 0.6) is 0 Å². The van der Waals surface area contributed by atoms with E-state index in [4.69, 9.17) is 4.42 Å². The minimum Gasteiger partial charge on any atom is -0.459 e. The fraction of sp³-hybridized carbons (Fsp3) is 0.294. The van der Waals surface area contributed by atoms with E-state index in [0.717, 1.165) is 36.0 Å². The Morgan fingerprint density at radius 1 is 1.29 bits per heavy atom. The number of aryl methyl sites for hydroxylation is 1. The maximum Gasteiger partial charge on any atom is 0.134 e. The molecule has 0 fully saturated rings. The summed E-state index contributed by atoms with van der Waals surface area (Å²) in [5.74, 6) is 0.651. The second-order valence-electron chi connectivity index (χ2n) is 5.14. The highest BCUT2D eigenvalue weighted by molar-refractivity contribution is 7.09. The highest BCUT2D eigenvalue weighted by Gasteiger charge is 2.14. The van der Waals surface area contributed by atoms with Gasteiger partial charge in [-0.25, -0.2) is 4.39 Å². The second-order valence-corrected chi connectivity index (χ2v) is 6.18. The molecule has 0 radical (unpaired) electrons. The molecule has 0 aliphatic carbocycles. The van der Waals surface area contributed by atoms with Crippen molar-refractivity contribution in [2.45, 2.75) is 25.3 Å². The van der Waals surface area contributed by atoms with Crippen LogP contribution in [-0.4, -0.2) is 7.05 Å². The van der Waals surface area contributed by atoms with E-state index in [1.807, 2.05) is 13.1 Å². The number of benzene rings is 1. The summed E-state index contributed by atoms with van der Waals surface area (Å²) in [4.78, 5) is 1.41. The quantitative estimate of drug-likeness (QED) is 0.699. The van der Waals surface area contributed by atoms with E-state index in [1.165, 1.54) is 17.0 Å². The first-order chi connectivity index (χ1) is 10.3. The van der Waals surface area contributed by atoms with Crippen LogP contribution in [0.2, 0.25) is 0 Å². The van der Waals surface area contributed by atoms with Crippen LogP contribution in [0, 0.1) is 5.82 Å². The third-order valence-electron chi connectivity index (χ3n) is 3.69. The molecule has 0 amide bonds. The van der Waals surface area contributed by atoms with E-state index in [2.05, 4.69) is 22.8 Å². The molecule has 1 aromatic carbocycles. The number of hydrogen-bond acceptors (Lipinski definition) is 3. The zero-order valence-electron chi connectivity index (χ0n) is 11.9. The van der Waals surface area contributed by atoms with E-state index in [1.54, 1.807) is 17.4 Å². The van der Waals surface area contributed by atoms with Crippen LogP contribution in [0.1, 0.15) is 29.5 Å². The molecule has 2 heterocycles. The van der Waals surface area contributed by atoms with Crippen LogP contribution < -0.4 is 5.32 Å². The molecule has 21 heavy (non-hydrogen) atoms. The summed E-state index contributed by atoms with van der Waals surface area (Å²) in [6.07, 6.45) is 3.18. The Morgan fingerprint density at radius 2 is 2.19 bits per heavy atom. The predicted molar refractivity (Wildman–Crippen MR) is 85.2 cm³/mol. The van der Waals surface area contributed by atoms with Crippen molar-refractivity contribution in [2.75, 3.05) is 7.05 Å². The molecule has 2 nitrogen and oxygen atoms in total. The van der Waals surface area contributed by atoms with Gasteiger partial charge in [0.25, 0.3) is 0 Å². The molecular weight excluding hydrogens is 285 g/mol. The van der Waals surface area contributed by atoms with Gasteiger partial charge in [-0.15, -0.1) is 11.3 Å². The van der Waals surface area contributed by atoms with Crippen molar-refractivity contribution < 1.29 is 8.81 Å². The molecule has 4 heteroatoms. The maximum absolute atomic E-state index is 13.2. The molecule has 3 aromatic rings. The highest BCUT2D eigenvalue weighted by atomic mass is 32.1. The standard InChI is InChI=1S/C17H18FNOS/c1-19-15(6-2-4-14-5-3-9-21-14)17-11-12-10-13(18)7-8-16(12)20-17/h3,5,7-11,15,19H,2,4,6H2,1H3. The lowest BCUT2D eigenvalue weighted by Gasteiger charge is -2.12. The lowest BCUT2D eigenvalue weighted by molar-refractivity contribution is 0.425. The number of nitrogens with one attached hydrogen (secondary N) is 1. The molecule has 0 spiro atoms. The molecule has 1 N–H and O–H groups in total. The molecular formula is C17H18FNOS. The number of furan rings is 1. The molecule has 110 valence electrons. The SMILES string of the molecule is CNC(CCCc1cccs1)c1cc2cc(F)ccc2o1. The van der Waals surface area contributed by atoms with Crippen LogP contribution in [-0.2, 0) is 6.42 Å². The summed E-state index contributed by atoms with van der Waals surface area (Å²) >= 11 is 1.80. The monoisotopic (exact) mass is 303 g/mol. The van der Waals surface area contributed by atoms with Crippen molar-refractivity contribution in [3.05, 3.63) is 58.2 Å². The van der Waals surface area contributed by atoms with Gasteiger partial charge in [-0.05, 0) is 62.0 Å². The van der Waals surface area contributed by atoms with Gasteiger partial charge in [0.1, 0.15) is 17.2 Å². The zero-order valence-corrected chi connectivity index (χ0v) is 12.8. The van der Waals surface area contributed by atoms with Crippen LogP contribution in [0.3, 0.4) is 0 Å². The zero-order chi connectivity index (χ0) is 14.7.